The maximum Gasteiger partial charge on any atom is 0.335 e. The molecule has 7 nitrogen and oxygen atoms in total. The maximum absolute atomic E-state index is 13.0. The Morgan fingerprint density at radius 3 is 2.59 bits per heavy atom. The number of piperidine rings is 1. The number of nitrogens with zero attached hydrogens (tertiary/aromatic N) is 3. The number of fused-ring (bicyclic) bond motifs is 1. The lowest BCUT2D eigenvalue weighted by molar-refractivity contribution is 0.0694. The molecule has 37 heavy (non-hydrogen) atoms. The summed E-state index contributed by atoms with van der Waals surface area (Å²) < 4.78 is 0. The number of terminal acetylenes is 1. The zero-order valence-electron chi connectivity index (χ0n) is 21.6. The Morgan fingerprint density at radius 2 is 1.95 bits per heavy atom. The molecule has 2 aromatic carbocycles. The van der Waals surface area contributed by atoms with Crippen LogP contribution in [0.4, 0.5) is 5.69 Å². The largest absolute Gasteiger partial charge is 0.478 e. The SMILES string of the molecule is C#CCN(Cc1cc2c(=O)[nH]c(CN3CCCCC3)nc2cc1Cl)c1ccc(C(=O)O)c(C(C)(C)C)c1. The van der Waals surface area contributed by atoms with Gasteiger partial charge in [-0.25, -0.2) is 9.78 Å². The van der Waals surface area contributed by atoms with E-state index in [-0.39, 0.29) is 23.1 Å². The Morgan fingerprint density at radius 1 is 1.22 bits per heavy atom. The monoisotopic (exact) mass is 520 g/mol. The van der Waals surface area contributed by atoms with Crippen LogP contribution in [0.3, 0.4) is 0 Å². The molecule has 0 radical (unpaired) electrons. The summed E-state index contributed by atoms with van der Waals surface area (Å²) in [5.41, 5.74) is 2.49. The molecule has 4 rings (SSSR count). The Bertz CT molecular complexity index is 1410. The smallest absolute Gasteiger partial charge is 0.335 e. The summed E-state index contributed by atoms with van der Waals surface area (Å²) in [6, 6.07) is 8.75. The highest BCUT2D eigenvalue weighted by Crippen LogP contribution is 2.32. The molecule has 1 aromatic heterocycles. The molecule has 1 saturated heterocycles. The number of carboxylic acid groups (broad SMARTS) is 1. The zero-order chi connectivity index (χ0) is 26.7. The average Bonchev–Trinajstić information content (AvgIpc) is 2.84. The van der Waals surface area contributed by atoms with Gasteiger partial charge in [0.2, 0.25) is 0 Å². The van der Waals surface area contributed by atoms with E-state index < -0.39 is 5.97 Å². The average molecular weight is 521 g/mol. The van der Waals surface area contributed by atoms with Crippen molar-refractivity contribution in [3.63, 3.8) is 0 Å². The lowest BCUT2D eigenvalue weighted by Crippen LogP contribution is -2.30. The number of benzene rings is 2. The second-order valence-electron chi connectivity index (χ2n) is 10.7. The number of likely N-dealkylation sites (tertiary alicyclic amines) is 1. The van der Waals surface area contributed by atoms with Gasteiger partial charge in [0.25, 0.3) is 5.56 Å². The van der Waals surface area contributed by atoms with Gasteiger partial charge in [0.1, 0.15) is 5.82 Å². The topological polar surface area (TPSA) is 89.5 Å². The molecule has 2 N–H and O–H groups in total. The first-order valence-electron chi connectivity index (χ1n) is 12.6. The van der Waals surface area contributed by atoms with Gasteiger partial charge < -0.3 is 15.0 Å². The fraction of sp³-hybridized carbons (Fsp3) is 0.414. The van der Waals surface area contributed by atoms with Crippen molar-refractivity contribution in [2.24, 2.45) is 0 Å². The molecule has 1 fully saturated rings. The number of aromatic nitrogens is 2. The number of halogens is 1. The summed E-state index contributed by atoms with van der Waals surface area (Å²) in [6.07, 6.45) is 9.25. The van der Waals surface area contributed by atoms with Crippen molar-refractivity contribution >= 4 is 34.2 Å². The third kappa shape index (κ3) is 6.15. The number of aromatic amines is 1. The van der Waals surface area contributed by atoms with Crippen LogP contribution >= 0.6 is 11.6 Å². The number of hydrogen-bond donors (Lipinski definition) is 2. The van der Waals surface area contributed by atoms with Gasteiger partial charge in [-0.05, 0) is 72.8 Å². The standard InChI is InChI=1S/C29H33ClN4O3/c1-5-11-34(20-9-10-21(28(36)37)23(15-20)29(2,3)4)17-19-14-22-25(16-24(19)30)31-26(32-27(22)35)18-33-12-7-6-8-13-33/h1,9-10,14-16H,6-8,11-13,17-18H2,2-4H3,(H,36,37)(H,31,32,35). The van der Waals surface area contributed by atoms with Gasteiger partial charge >= 0.3 is 5.97 Å². The van der Waals surface area contributed by atoms with Crippen molar-refractivity contribution in [3.8, 4) is 12.3 Å². The van der Waals surface area contributed by atoms with E-state index in [1.54, 1.807) is 24.3 Å². The first kappa shape index (κ1) is 26.7. The normalized spacial score (nSPS) is 14.5. The summed E-state index contributed by atoms with van der Waals surface area (Å²) in [5.74, 6) is 2.35. The van der Waals surface area contributed by atoms with E-state index in [9.17, 15) is 14.7 Å². The van der Waals surface area contributed by atoms with Crippen molar-refractivity contribution in [2.45, 2.75) is 58.5 Å². The Kier molecular flexibility index (Phi) is 7.91. The van der Waals surface area contributed by atoms with Crippen LogP contribution < -0.4 is 10.5 Å². The Labute approximate surface area is 222 Å². The van der Waals surface area contributed by atoms with Gasteiger partial charge in [-0.15, -0.1) is 6.42 Å². The number of hydrogen-bond acceptors (Lipinski definition) is 5. The Balaban J connectivity index is 1.67. The molecule has 194 valence electrons. The molecular weight excluding hydrogens is 488 g/mol. The zero-order valence-corrected chi connectivity index (χ0v) is 22.4. The van der Waals surface area contributed by atoms with Crippen molar-refractivity contribution < 1.29 is 9.90 Å². The number of nitrogens with one attached hydrogen (secondary N) is 1. The van der Waals surface area contributed by atoms with Crippen LogP contribution in [-0.4, -0.2) is 45.6 Å². The quantitative estimate of drug-likeness (QED) is 0.416. The summed E-state index contributed by atoms with van der Waals surface area (Å²) in [7, 11) is 0. The number of aromatic carboxylic acids is 1. The van der Waals surface area contributed by atoms with Crippen LogP contribution in [0.2, 0.25) is 5.02 Å². The molecule has 0 saturated carbocycles. The highest BCUT2D eigenvalue weighted by Gasteiger charge is 2.23. The van der Waals surface area contributed by atoms with Gasteiger partial charge in [0.15, 0.2) is 0 Å². The van der Waals surface area contributed by atoms with Crippen LogP contribution in [-0.2, 0) is 18.5 Å². The lowest BCUT2D eigenvalue weighted by Gasteiger charge is -2.27. The predicted octanol–water partition coefficient (Wildman–Crippen LogP) is 5.20. The van der Waals surface area contributed by atoms with Crippen molar-refractivity contribution in [3.05, 3.63) is 68.2 Å². The number of H-pyrrole nitrogens is 1. The van der Waals surface area contributed by atoms with E-state index in [4.69, 9.17) is 18.0 Å². The first-order valence-corrected chi connectivity index (χ1v) is 12.9. The first-order chi connectivity index (χ1) is 17.6. The molecule has 1 aliphatic heterocycles. The molecule has 0 amide bonds. The molecular formula is C29H33ClN4O3. The Hall–Kier alpha value is -3.34. The van der Waals surface area contributed by atoms with E-state index in [1.807, 2.05) is 31.7 Å². The maximum atomic E-state index is 13.0. The summed E-state index contributed by atoms with van der Waals surface area (Å²) in [5, 5.41) is 10.6. The van der Waals surface area contributed by atoms with Crippen LogP contribution in [0, 0.1) is 12.3 Å². The van der Waals surface area contributed by atoms with Crippen molar-refractivity contribution in [1.82, 2.24) is 14.9 Å². The number of anilines is 1. The van der Waals surface area contributed by atoms with Gasteiger partial charge in [-0.3, -0.25) is 9.69 Å². The van der Waals surface area contributed by atoms with E-state index in [1.165, 1.54) is 6.42 Å². The highest BCUT2D eigenvalue weighted by molar-refractivity contribution is 6.32. The van der Waals surface area contributed by atoms with Crippen LogP contribution in [0.1, 0.15) is 67.3 Å². The third-order valence-electron chi connectivity index (χ3n) is 6.79. The number of carboxylic acids is 1. The third-order valence-corrected chi connectivity index (χ3v) is 7.15. The van der Waals surface area contributed by atoms with Gasteiger partial charge in [0, 0.05) is 17.3 Å². The van der Waals surface area contributed by atoms with Gasteiger partial charge in [0.05, 0.1) is 29.6 Å². The fourth-order valence-corrected chi connectivity index (χ4v) is 5.09. The van der Waals surface area contributed by atoms with E-state index in [0.717, 1.165) is 37.2 Å². The predicted molar refractivity (Wildman–Crippen MR) is 148 cm³/mol. The van der Waals surface area contributed by atoms with Crippen molar-refractivity contribution in [1.29, 1.82) is 0 Å². The summed E-state index contributed by atoms with van der Waals surface area (Å²) in [6.45, 7) is 9.20. The number of rotatable bonds is 7. The van der Waals surface area contributed by atoms with Crippen LogP contribution in [0.5, 0.6) is 0 Å². The van der Waals surface area contributed by atoms with E-state index >= 15 is 0 Å². The molecule has 0 atom stereocenters. The minimum atomic E-state index is -0.969. The van der Waals surface area contributed by atoms with Crippen LogP contribution in [0.25, 0.3) is 10.9 Å². The minimum Gasteiger partial charge on any atom is -0.478 e. The number of carbonyl (C=O) groups is 1. The minimum absolute atomic E-state index is 0.195. The molecule has 0 spiro atoms. The van der Waals surface area contributed by atoms with Gasteiger partial charge in [-0.2, -0.15) is 0 Å². The summed E-state index contributed by atoms with van der Waals surface area (Å²) >= 11 is 6.68. The summed E-state index contributed by atoms with van der Waals surface area (Å²) in [4.78, 5) is 36.7. The van der Waals surface area contributed by atoms with E-state index in [2.05, 4.69) is 20.8 Å². The lowest BCUT2D eigenvalue weighted by atomic mass is 9.83. The fourth-order valence-electron chi connectivity index (χ4n) is 4.87. The molecule has 1 aliphatic rings. The molecule has 0 bridgehead atoms. The molecule has 0 unspecified atom stereocenters. The van der Waals surface area contributed by atoms with Crippen LogP contribution in [0.15, 0.2) is 35.1 Å². The van der Waals surface area contributed by atoms with Crippen molar-refractivity contribution in [2.75, 3.05) is 24.5 Å². The van der Waals surface area contributed by atoms with Gasteiger partial charge in [-0.1, -0.05) is 44.7 Å². The second kappa shape index (κ2) is 11.0. The van der Waals surface area contributed by atoms with E-state index in [0.29, 0.717) is 40.4 Å². The molecule has 3 aromatic rings. The highest BCUT2D eigenvalue weighted by atomic mass is 35.5. The molecule has 2 heterocycles. The second-order valence-corrected chi connectivity index (χ2v) is 11.1. The molecule has 0 aliphatic carbocycles. The molecule has 8 heteroatoms.